The molecule has 0 spiro atoms. The zero-order chi connectivity index (χ0) is 22.0. The number of hydrogen-bond donors (Lipinski definition) is 2. The lowest BCUT2D eigenvalue weighted by atomic mass is 9.85. The first-order valence-corrected chi connectivity index (χ1v) is 11.4. The van der Waals surface area contributed by atoms with Crippen LogP contribution in [-0.2, 0) is 16.0 Å². The number of hydrogen-bond acceptors (Lipinski definition) is 3. The van der Waals surface area contributed by atoms with Gasteiger partial charge in [0.15, 0.2) is 5.96 Å². The fraction of sp³-hybridized carbons (Fsp3) is 0.522. The van der Waals surface area contributed by atoms with Crippen LogP contribution in [0.1, 0.15) is 25.3 Å². The van der Waals surface area contributed by atoms with Crippen molar-refractivity contribution in [2.75, 3.05) is 26.2 Å². The number of allylic oxidation sites excluding steroid dienone is 2. The molecule has 2 N–H and O–H groups in total. The van der Waals surface area contributed by atoms with E-state index in [1.165, 1.54) is 17.0 Å². The molecule has 0 radical (unpaired) electrons. The van der Waals surface area contributed by atoms with Crippen LogP contribution >= 0.6 is 35.6 Å². The molecule has 4 atom stereocenters. The second-order valence-electron chi connectivity index (χ2n) is 8.35. The molecule has 1 aliphatic heterocycles. The Morgan fingerprint density at radius 1 is 1.19 bits per heavy atom. The van der Waals surface area contributed by atoms with Gasteiger partial charge in [0.2, 0.25) is 11.8 Å². The Morgan fingerprint density at radius 3 is 2.50 bits per heavy atom. The molecule has 2 aliphatic carbocycles. The van der Waals surface area contributed by atoms with Gasteiger partial charge in [-0.25, -0.2) is 4.39 Å². The molecule has 9 heteroatoms. The van der Waals surface area contributed by atoms with Crippen LogP contribution in [0.3, 0.4) is 0 Å². The van der Waals surface area contributed by atoms with Crippen LogP contribution in [0.5, 0.6) is 0 Å². The van der Waals surface area contributed by atoms with E-state index >= 15 is 0 Å². The number of guanidine groups is 1. The molecule has 1 saturated carbocycles. The zero-order valence-electron chi connectivity index (χ0n) is 18.0. The van der Waals surface area contributed by atoms with Gasteiger partial charge in [0.05, 0.1) is 11.8 Å². The average molecular weight is 575 g/mol. The van der Waals surface area contributed by atoms with Crippen LogP contribution < -0.4 is 10.6 Å². The van der Waals surface area contributed by atoms with Crippen molar-refractivity contribution in [2.45, 2.75) is 26.2 Å². The van der Waals surface area contributed by atoms with Gasteiger partial charge in [-0.15, -0.1) is 24.0 Å². The zero-order valence-corrected chi connectivity index (χ0v) is 21.1. The first kappa shape index (κ1) is 25.0. The second kappa shape index (κ2) is 11.0. The van der Waals surface area contributed by atoms with E-state index in [1.807, 2.05) is 6.92 Å². The van der Waals surface area contributed by atoms with Gasteiger partial charge in [-0.3, -0.25) is 19.5 Å². The molecule has 3 aliphatic rings. The van der Waals surface area contributed by atoms with Gasteiger partial charge in [0.1, 0.15) is 5.82 Å². The minimum absolute atomic E-state index is 0. The van der Waals surface area contributed by atoms with Crippen LogP contribution in [0.25, 0.3) is 0 Å². The molecule has 4 rings (SSSR count). The molecule has 6 nitrogen and oxygen atoms in total. The number of likely N-dealkylation sites (tertiary alicyclic amines) is 1. The number of aliphatic imine (C=N–C) groups is 1. The van der Waals surface area contributed by atoms with Gasteiger partial charge in [-0.2, -0.15) is 0 Å². The van der Waals surface area contributed by atoms with E-state index in [0.717, 1.165) is 12.0 Å². The topological polar surface area (TPSA) is 73.8 Å². The van der Waals surface area contributed by atoms with E-state index in [1.54, 1.807) is 6.07 Å². The van der Waals surface area contributed by atoms with E-state index in [-0.39, 0.29) is 65.3 Å². The average Bonchev–Trinajstić information content (AvgIpc) is 3.42. The van der Waals surface area contributed by atoms with Crippen LogP contribution in [0.4, 0.5) is 4.39 Å². The molecule has 2 bridgehead atoms. The minimum Gasteiger partial charge on any atom is -0.357 e. The van der Waals surface area contributed by atoms with Gasteiger partial charge in [0, 0.05) is 31.2 Å². The quantitative estimate of drug-likeness (QED) is 0.125. The van der Waals surface area contributed by atoms with Crippen LogP contribution in [0.15, 0.2) is 35.3 Å². The number of nitrogens with one attached hydrogen (secondary N) is 2. The van der Waals surface area contributed by atoms with Crippen molar-refractivity contribution in [2.24, 2.45) is 28.7 Å². The Bertz CT molecular complexity index is 895. The Hall–Kier alpha value is -1.68. The summed E-state index contributed by atoms with van der Waals surface area (Å²) in [6.07, 6.45) is 6.43. The summed E-state index contributed by atoms with van der Waals surface area (Å²) in [7, 11) is 0. The third-order valence-corrected chi connectivity index (χ3v) is 6.77. The maximum Gasteiger partial charge on any atom is 0.233 e. The predicted octanol–water partition coefficient (Wildman–Crippen LogP) is 3.39. The van der Waals surface area contributed by atoms with Crippen molar-refractivity contribution in [3.05, 3.63) is 46.8 Å². The molecule has 0 aromatic heterocycles. The smallest absolute Gasteiger partial charge is 0.233 e. The van der Waals surface area contributed by atoms with Crippen LogP contribution in [-0.4, -0.2) is 48.9 Å². The normalized spacial score (nSPS) is 25.8. The van der Waals surface area contributed by atoms with Crippen molar-refractivity contribution in [1.82, 2.24) is 15.5 Å². The number of carbonyl (C=O) groups is 2. The Labute approximate surface area is 210 Å². The summed E-state index contributed by atoms with van der Waals surface area (Å²) in [4.78, 5) is 31.4. The summed E-state index contributed by atoms with van der Waals surface area (Å²) in [6.45, 7) is 4.21. The van der Waals surface area contributed by atoms with Gasteiger partial charge < -0.3 is 10.6 Å². The molecule has 174 valence electrons. The summed E-state index contributed by atoms with van der Waals surface area (Å²) in [5.74, 6) is 0.529. The van der Waals surface area contributed by atoms with Crippen molar-refractivity contribution in [3.63, 3.8) is 0 Å². The molecule has 4 unspecified atom stereocenters. The van der Waals surface area contributed by atoms with Gasteiger partial charge >= 0.3 is 0 Å². The summed E-state index contributed by atoms with van der Waals surface area (Å²) in [5, 5.41) is 6.83. The lowest BCUT2D eigenvalue weighted by molar-refractivity contribution is -0.140. The van der Waals surface area contributed by atoms with E-state index in [2.05, 4.69) is 27.8 Å². The summed E-state index contributed by atoms with van der Waals surface area (Å²) in [6, 6.07) is 4.40. The minimum atomic E-state index is -0.348. The van der Waals surface area contributed by atoms with Crippen molar-refractivity contribution in [1.29, 1.82) is 0 Å². The first-order chi connectivity index (χ1) is 15.0. The molecular weight excluding hydrogens is 546 g/mol. The van der Waals surface area contributed by atoms with Crippen molar-refractivity contribution >= 4 is 53.4 Å². The van der Waals surface area contributed by atoms with E-state index in [9.17, 15) is 14.0 Å². The number of amides is 2. The largest absolute Gasteiger partial charge is 0.357 e. The summed E-state index contributed by atoms with van der Waals surface area (Å²) < 4.78 is 13.2. The molecule has 2 fully saturated rings. The number of carbonyl (C=O) groups excluding carboxylic acids is 2. The molecule has 1 heterocycles. The Balaban J connectivity index is 0.00000289. The van der Waals surface area contributed by atoms with Crippen molar-refractivity contribution in [3.8, 4) is 0 Å². The molecule has 1 aromatic carbocycles. The number of nitrogens with zero attached hydrogens (tertiary/aromatic N) is 2. The Kier molecular flexibility index (Phi) is 8.55. The third-order valence-electron chi connectivity index (χ3n) is 6.42. The SMILES string of the molecule is CCNC(=NCCCN1C(=O)C2C3C=CC(C3)C2C1=O)NCCc1ccc(F)cc1Cl.I. The number of halogens is 3. The third kappa shape index (κ3) is 5.11. The van der Waals surface area contributed by atoms with Gasteiger partial charge in [-0.05, 0) is 55.7 Å². The van der Waals surface area contributed by atoms with Gasteiger partial charge in [-0.1, -0.05) is 29.8 Å². The second-order valence-corrected chi connectivity index (χ2v) is 8.76. The highest BCUT2D eigenvalue weighted by atomic mass is 127. The van der Waals surface area contributed by atoms with Gasteiger partial charge in [0.25, 0.3) is 0 Å². The fourth-order valence-corrected chi connectivity index (χ4v) is 5.25. The number of benzene rings is 1. The fourth-order valence-electron chi connectivity index (χ4n) is 4.99. The molecule has 1 saturated heterocycles. The first-order valence-electron chi connectivity index (χ1n) is 11.0. The predicted molar refractivity (Wildman–Crippen MR) is 134 cm³/mol. The highest BCUT2D eigenvalue weighted by molar-refractivity contribution is 14.0. The molecular formula is C23H29ClFIN4O2. The molecule has 32 heavy (non-hydrogen) atoms. The monoisotopic (exact) mass is 574 g/mol. The number of imide groups is 1. The van der Waals surface area contributed by atoms with Crippen molar-refractivity contribution < 1.29 is 14.0 Å². The maximum absolute atomic E-state index is 13.2. The van der Waals surface area contributed by atoms with E-state index in [4.69, 9.17) is 11.6 Å². The highest BCUT2D eigenvalue weighted by Crippen LogP contribution is 2.52. The summed E-state index contributed by atoms with van der Waals surface area (Å²) in [5.41, 5.74) is 0.867. The van der Waals surface area contributed by atoms with E-state index < -0.39 is 0 Å². The number of fused-ring (bicyclic) bond motifs is 5. The molecule has 2 amide bonds. The van der Waals surface area contributed by atoms with E-state index in [0.29, 0.717) is 50.0 Å². The van der Waals surface area contributed by atoms with Crippen LogP contribution in [0.2, 0.25) is 5.02 Å². The number of rotatable bonds is 8. The summed E-state index contributed by atoms with van der Waals surface area (Å²) >= 11 is 6.07. The lowest BCUT2D eigenvalue weighted by Gasteiger charge is -2.17. The lowest BCUT2D eigenvalue weighted by Crippen LogP contribution is -2.38. The maximum atomic E-state index is 13.2. The standard InChI is InChI=1S/C23H28ClFN4O2.HI/c1-2-26-23(28-10-8-14-6-7-17(25)13-18(14)24)27-9-3-11-29-21(30)19-15-4-5-16(12-15)20(19)22(29)31;/h4-7,13,15-16,19-20H,2-3,8-12H2,1H3,(H2,26,27,28);1H. The molecule has 1 aromatic rings. The Morgan fingerprint density at radius 2 is 1.88 bits per heavy atom. The van der Waals surface area contributed by atoms with Crippen LogP contribution in [0, 0.1) is 29.5 Å². The highest BCUT2D eigenvalue weighted by Gasteiger charge is 2.58.